The number of rotatable bonds is 9. The van der Waals surface area contributed by atoms with Crippen molar-refractivity contribution in [3.63, 3.8) is 0 Å². The largest absolute Gasteiger partial charge is 0.349 e. The third-order valence-corrected chi connectivity index (χ3v) is 4.18. The second kappa shape index (κ2) is 9.33. The molecule has 5 heteroatoms. The van der Waals surface area contributed by atoms with Crippen LogP contribution in [-0.4, -0.2) is 30.5 Å². The Labute approximate surface area is 136 Å². The Balaban J connectivity index is 1.74. The number of carbonyl (C=O) groups is 1. The minimum atomic E-state index is -0.0829. The van der Waals surface area contributed by atoms with Crippen LogP contribution in [0.4, 0.5) is 0 Å². The molecule has 2 aromatic rings. The van der Waals surface area contributed by atoms with Gasteiger partial charge in [0.25, 0.3) is 5.91 Å². The first-order valence-electron chi connectivity index (χ1n) is 7.77. The average Bonchev–Trinajstić information content (AvgIpc) is 3.03. The van der Waals surface area contributed by atoms with E-state index in [1.54, 1.807) is 11.3 Å². The van der Waals surface area contributed by atoms with Crippen molar-refractivity contribution in [3.05, 3.63) is 52.0 Å². The number of nitrogens with one attached hydrogen (secondary N) is 2. The minimum Gasteiger partial charge on any atom is -0.349 e. The maximum Gasteiger partial charge on any atom is 0.270 e. The van der Waals surface area contributed by atoms with Gasteiger partial charge in [0, 0.05) is 24.9 Å². The fraction of sp³-hybridized carbons (Fsp3) is 0.412. The standard InChI is InChI=1S/C17H23N3OS/c1-2-10-18-11-12-19-17(21)15-13-22-16(20-15)9-8-14-6-4-3-5-7-14/h3-7,13,18H,2,8-12H2,1H3,(H,19,21). The molecule has 2 N–H and O–H groups in total. The molecule has 1 heterocycles. The quantitative estimate of drug-likeness (QED) is 0.699. The first-order chi connectivity index (χ1) is 10.8. The van der Waals surface area contributed by atoms with E-state index in [2.05, 4.69) is 34.7 Å². The summed E-state index contributed by atoms with van der Waals surface area (Å²) in [5.74, 6) is -0.0829. The molecule has 118 valence electrons. The molecular weight excluding hydrogens is 294 g/mol. The predicted molar refractivity (Wildman–Crippen MR) is 91.5 cm³/mol. The summed E-state index contributed by atoms with van der Waals surface area (Å²) in [7, 11) is 0. The monoisotopic (exact) mass is 317 g/mol. The van der Waals surface area contributed by atoms with E-state index in [0.29, 0.717) is 12.2 Å². The van der Waals surface area contributed by atoms with Crippen LogP contribution >= 0.6 is 11.3 Å². The predicted octanol–water partition coefficient (Wildman–Crippen LogP) is 2.66. The number of thiazole rings is 1. The summed E-state index contributed by atoms with van der Waals surface area (Å²) < 4.78 is 0. The van der Waals surface area contributed by atoms with Gasteiger partial charge in [0.15, 0.2) is 0 Å². The molecule has 0 saturated carbocycles. The highest BCUT2D eigenvalue weighted by atomic mass is 32.1. The van der Waals surface area contributed by atoms with E-state index in [9.17, 15) is 4.79 Å². The van der Waals surface area contributed by atoms with Gasteiger partial charge >= 0.3 is 0 Å². The maximum absolute atomic E-state index is 12.0. The van der Waals surface area contributed by atoms with Crippen LogP contribution in [0, 0.1) is 0 Å². The van der Waals surface area contributed by atoms with Crippen molar-refractivity contribution in [1.82, 2.24) is 15.6 Å². The molecular formula is C17H23N3OS. The first kappa shape index (κ1) is 16.6. The van der Waals surface area contributed by atoms with E-state index in [1.165, 1.54) is 5.56 Å². The zero-order valence-corrected chi connectivity index (χ0v) is 13.8. The molecule has 0 spiro atoms. The van der Waals surface area contributed by atoms with Crippen molar-refractivity contribution >= 4 is 17.2 Å². The smallest absolute Gasteiger partial charge is 0.270 e. The van der Waals surface area contributed by atoms with Gasteiger partial charge in [-0.1, -0.05) is 37.3 Å². The number of amides is 1. The lowest BCUT2D eigenvalue weighted by Crippen LogP contribution is -2.32. The highest BCUT2D eigenvalue weighted by Crippen LogP contribution is 2.13. The lowest BCUT2D eigenvalue weighted by Gasteiger charge is -2.04. The fourth-order valence-electron chi connectivity index (χ4n) is 2.08. The third kappa shape index (κ3) is 5.58. The number of nitrogens with zero attached hydrogens (tertiary/aromatic N) is 1. The number of hydrogen-bond acceptors (Lipinski definition) is 4. The van der Waals surface area contributed by atoms with E-state index in [-0.39, 0.29) is 5.91 Å². The van der Waals surface area contributed by atoms with Gasteiger partial charge in [-0.3, -0.25) is 4.79 Å². The molecule has 1 amide bonds. The van der Waals surface area contributed by atoms with Crippen LogP contribution in [-0.2, 0) is 12.8 Å². The number of aromatic nitrogens is 1. The van der Waals surface area contributed by atoms with Gasteiger partial charge < -0.3 is 10.6 Å². The van der Waals surface area contributed by atoms with Gasteiger partial charge in [0.1, 0.15) is 5.69 Å². The Bertz CT molecular complexity index is 568. The number of benzene rings is 1. The van der Waals surface area contributed by atoms with Crippen LogP contribution in [0.2, 0.25) is 0 Å². The lowest BCUT2D eigenvalue weighted by molar-refractivity contribution is 0.0949. The van der Waals surface area contributed by atoms with Crippen LogP contribution in [0.3, 0.4) is 0 Å². The summed E-state index contributed by atoms with van der Waals surface area (Å²) in [6, 6.07) is 10.3. The van der Waals surface area contributed by atoms with Gasteiger partial charge in [-0.2, -0.15) is 0 Å². The number of aryl methyl sites for hydroxylation is 2. The van der Waals surface area contributed by atoms with Gasteiger partial charge in [-0.25, -0.2) is 4.98 Å². The molecule has 0 bridgehead atoms. The van der Waals surface area contributed by atoms with Crippen molar-refractivity contribution in [1.29, 1.82) is 0 Å². The normalized spacial score (nSPS) is 10.6. The molecule has 0 saturated heterocycles. The fourth-order valence-corrected chi connectivity index (χ4v) is 2.86. The van der Waals surface area contributed by atoms with E-state index in [4.69, 9.17) is 0 Å². The van der Waals surface area contributed by atoms with Crippen molar-refractivity contribution < 1.29 is 4.79 Å². The number of hydrogen-bond donors (Lipinski definition) is 2. The first-order valence-corrected chi connectivity index (χ1v) is 8.65. The second-order valence-corrected chi connectivity index (χ2v) is 6.06. The number of carbonyl (C=O) groups excluding carboxylic acids is 1. The van der Waals surface area contributed by atoms with Crippen molar-refractivity contribution in [2.45, 2.75) is 26.2 Å². The van der Waals surface area contributed by atoms with E-state index in [0.717, 1.165) is 37.4 Å². The Morgan fingerprint density at radius 3 is 2.73 bits per heavy atom. The molecule has 1 aromatic carbocycles. The summed E-state index contributed by atoms with van der Waals surface area (Å²) in [6.07, 6.45) is 2.93. The summed E-state index contributed by atoms with van der Waals surface area (Å²) in [5.41, 5.74) is 1.83. The van der Waals surface area contributed by atoms with Crippen molar-refractivity contribution in [3.8, 4) is 0 Å². The van der Waals surface area contributed by atoms with Crippen molar-refractivity contribution in [2.24, 2.45) is 0 Å². The van der Waals surface area contributed by atoms with Crippen LogP contribution in [0.1, 0.15) is 34.4 Å². The SMILES string of the molecule is CCCNCCNC(=O)c1csc(CCc2ccccc2)n1. The highest BCUT2D eigenvalue weighted by molar-refractivity contribution is 7.09. The summed E-state index contributed by atoms with van der Waals surface area (Å²) in [4.78, 5) is 16.4. The van der Waals surface area contributed by atoms with Crippen LogP contribution < -0.4 is 10.6 Å². The van der Waals surface area contributed by atoms with Gasteiger partial charge in [-0.15, -0.1) is 11.3 Å². The van der Waals surface area contributed by atoms with Gasteiger partial charge in [0.05, 0.1) is 5.01 Å². The molecule has 0 unspecified atom stereocenters. The van der Waals surface area contributed by atoms with E-state index >= 15 is 0 Å². The molecule has 22 heavy (non-hydrogen) atoms. The van der Waals surface area contributed by atoms with Crippen LogP contribution in [0.15, 0.2) is 35.7 Å². The molecule has 0 aliphatic heterocycles. The maximum atomic E-state index is 12.0. The minimum absolute atomic E-state index is 0.0829. The molecule has 0 aliphatic carbocycles. The molecule has 4 nitrogen and oxygen atoms in total. The topological polar surface area (TPSA) is 54.0 Å². The van der Waals surface area contributed by atoms with E-state index in [1.807, 2.05) is 23.6 Å². The Kier molecular flexibility index (Phi) is 7.06. The third-order valence-electron chi connectivity index (χ3n) is 3.27. The Hall–Kier alpha value is -1.72. The zero-order chi connectivity index (χ0) is 15.6. The molecule has 0 aliphatic rings. The van der Waals surface area contributed by atoms with Crippen LogP contribution in [0.25, 0.3) is 0 Å². The Morgan fingerprint density at radius 2 is 1.95 bits per heavy atom. The average molecular weight is 317 g/mol. The Morgan fingerprint density at radius 1 is 1.14 bits per heavy atom. The molecule has 0 radical (unpaired) electrons. The lowest BCUT2D eigenvalue weighted by atomic mass is 10.1. The highest BCUT2D eigenvalue weighted by Gasteiger charge is 2.10. The summed E-state index contributed by atoms with van der Waals surface area (Å²) >= 11 is 1.56. The van der Waals surface area contributed by atoms with E-state index < -0.39 is 0 Å². The molecule has 0 atom stereocenters. The van der Waals surface area contributed by atoms with Gasteiger partial charge in [-0.05, 0) is 24.9 Å². The summed E-state index contributed by atoms with van der Waals surface area (Å²) in [6.45, 7) is 4.54. The van der Waals surface area contributed by atoms with Gasteiger partial charge in [0.2, 0.25) is 0 Å². The van der Waals surface area contributed by atoms with Crippen LogP contribution in [0.5, 0.6) is 0 Å². The molecule has 0 fully saturated rings. The second-order valence-electron chi connectivity index (χ2n) is 5.12. The molecule has 2 rings (SSSR count). The van der Waals surface area contributed by atoms with Crippen molar-refractivity contribution in [2.75, 3.05) is 19.6 Å². The zero-order valence-electron chi connectivity index (χ0n) is 13.0. The summed E-state index contributed by atoms with van der Waals surface area (Å²) in [5, 5.41) is 9.00. The molecule has 1 aromatic heterocycles.